The van der Waals surface area contributed by atoms with E-state index in [-0.39, 0.29) is 0 Å². The highest BCUT2D eigenvalue weighted by atomic mass is 32.1. The predicted octanol–water partition coefficient (Wildman–Crippen LogP) is 7.10. The summed E-state index contributed by atoms with van der Waals surface area (Å²) in [5, 5.41) is 0.948. The van der Waals surface area contributed by atoms with E-state index in [0.29, 0.717) is 16.6 Å². The normalized spacial score (nSPS) is 11.7. The van der Waals surface area contributed by atoms with Crippen molar-refractivity contribution in [2.75, 3.05) is 0 Å². The number of aromatic nitrogens is 1. The van der Waals surface area contributed by atoms with Gasteiger partial charge in [0.1, 0.15) is 0 Å². The molecule has 0 radical (unpaired) electrons. The van der Waals surface area contributed by atoms with Crippen LogP contribution in [0.3, 0.4) is 0 Å². The molecule has 4 aromatic rings. The number of rotatable bonds is 3. The summed E-state index contributed by atoms with van der Waals surface area (Å²) in [5.41, 5.74) is 2.88. The lowest BCUT2D eigenvalue weighted by molar-refractivity contribution is -0.137. The van der Waals surface area contributed by atoms with Gasteiger partial charge in [-0.1, -0.05) is 72.9 Å². The Morgan fingerprint density at radius 3 is 2.11 bits per heavy atom. The summed E-state index contributed by atoms with van der Waals surface area (Å²) < 4.78 is 41.6. The summed E-state index contributed by atoms with van der Waals surface area (Å²) in [5.74, 6) is 0. The molecule has 0 N–H and O–H groups in total. The first-order valence-corrected chi connectivity index (χ1v) is 9.18. The molecule has 0 saturated carbocycles. The number of benzene rings is 3. The Kier molecular flexibility index (Phi) is 4.77. The minimum atomic E-state index is -4.36. The molecular weight excluding hydrogens is 379 g/mol. The Balaban J connectivity index is 1.92. The van der Waals surface area contributed by atoms with Crippen molar-refractivity contribution in [1.29, 1.82) is 0 Å². The molecule has 0 spiro atoms. The Morgan fingerprint density at radius 1 is 0.786 bits per heavy atom. The van der Waals surface area contributed by atoms with Crippen molar-refractivity contribution >= 4 is 23.1 Å². The van der Waals surface area contributed by atoms with Crippen molar-refractivity contribution in [3.05, 3.63) is 101 Å². The molecule has 140 valence electrons. The third-order valence-electron chi connectivity index (χ3n) is 4.71. The first kappa shape index (κ1) is 18.4. The molecule has 1 aromatic heterocycles. The molecule has 0 bridgehead atoms. The fourth-order valence-electron chi connectivity index (χ4n) is 3.33. The number of para-hydroxylation sites is 1. The average Bonchev–Trinajstić information content (AvgIpc) is 2.70. The van der Waals surface area contributed by atoms with Gasteiger partial charge in [0.15, 0.2) is 0 Å². The minimum absolute atomic E-state index is 0.591. The number of halogens is 3. The fourth-order valence-corrected chi connectivity index (χ4v) is 3.62. The zero-order chi connectivity index (χ0) is 19.7. The molecule has 0 fully saturated rings. The van der Waals surface area contributed by atoms with Crippen LogP contribution in [0.15, 0.2) is 84.9 Å². The topological polar surface area (TPSA) is 4.93 Å². The van der Waals surface area contributed by atoms with Gasteiger partial charge >= 0.3 is 6.18 Å². The van der Waals surface area contributed by atoms with Crippen LogP contribution in [0, 0.1) is 4.51 Å². The maximum atomic E-state index is 12.9. The number of fused-ring (bicyclic) bond motifs is 1. The number of pyridine rings is 1. The van der Waals surface area contributed by atoms with Gasteiger partial charge in [-0.15, -0.1) is 0 Å². The lowest BCUT2D eigenvalue weighted by Gasteiger charge is -2.18. The molecule has 0 unspecified atom stereocenters. The van der Waals surface area contributed by atoms with Crippen LogP contribution in [0.1, 0.15) is 11.1 Å². The van der Waals surface area contributed by atoms with Crippen molar-refractivity contribution in [2.45, 2.75) is 12.7 Å². The number of hydrogen-bond donors (Lipinski definition) is 0. The van der Waals surface area contributed by atoms with Crippen molar-refractivity contribution < 1.29 is 13.2 Å². The van der Waals surface area contributed by atoms with Gasteiger partial charge in [-0.3, -0.25) is 0 Å². The molecule has 3 aromatic carbocycles. The molecule has 4 rings (SSSR count). The van der Waals surface area contributed by atoms with Crippen LogP contribution in [0.4, 0.5) is 13.2 Å². The van der Waals surface area contributed by atoms with E-state index in [1.165, 1.54) is 12.1 Å². The summed E-state index contributed by atoms with van der Waals surface area (Å²) >= 11 is 5.56. The van der Waals surface area contributed by atoms with Gasteiger partial charge in [0, 0.05) is 16.4 Å². The number of nitrogens with zero attached hydrogens (tertiary/aromatic N) is 1. The van der Waals surface area contributed by atoms with Crippen molar-refractivity contribution in [2.24, 2.45) is 0 Å². The number of hydrogen-bond acceptors (Lipinski definition) is 1. The summed E-state index contributed by atoms with van der Waals surface area (Å²) in [7, 11) is 0. The van der Waals surface area contributed by atoms with E-state index in [1.54, 1.807) is 0 Å². The van der Waals surface area contributed by atoms with Crippen molar-refractivity contribution in [3.8, 4) is 11.3 Å². The van der Waals surface area contributed by atoms with Crippen LogP contribution in [0.5, 0.6) is 0 Å². The monoisotopic (exact) mass is 395 g/mol. The van der Waals surface area contributed by atoms with Gasteiger partial charge in [-0.05, 0) is 35.4 Å². The van der Waals surface area contributed by atoms with Crippen LogP contribution >= 0.6 is 12.2 Å². The van der Waals surface area contributed by atoms with Crippen molar-refractivity contribution in [3.63, 3.8) is 0 Å². The second-order valence-electron chi connectivity index (χ2n) is 6.56. The molecule has 1 nitrogen and oxygen atoms in total. The lowest BCUT2D eigenvalue weighted by Crippen LogP contribution is -2.07. The van der Waals surface area contributed by atoms with Crippen LogP contribution in [-0.4, -0.2) is 4.57 Å². The van der Waals surface area contributed by atoms with E-state index in [2.05, 4.69) is 4.57 Å². The Morgan fingerprint density at radius 2 is 1.43 bits per heavy atom. The quantitative estimate of drug-likeness (QED) is 0.335. The van der Waals surface area contributed by atoms with Gasteiger partial charge in [0.25, 0.3) is 0 Å². The largest absolute Gasteiger partial charge is 0.416 e. The van der Waals surface area contributed by atoms with Gasteiger partial charge < -0.3 is 4.57 Å². The van der Waals surface area contributed by atoms with Gasteiger partial charge in [0.2, 0.25) is 0 Å². The Bertz CT molecular complexity index is 1180. The molecule has 0 aliphatic heterocycles. The highest BCUT2D eigenvalue weighted by molar-refractivity contribution is 7.71. The van der Waals surface area contributed by atoms with Gasteiger partial charge in [-0.2, -0.15) is 13.2 Å². The maximum absolute atomic E-state index is 12.9. The first-order chi connectivity index (χ1) is 13.4. The fraction of sp³-hybridized carbons (Fsp3) is 0.0870. The van der Waals surface area contributed by atoms with E-state index < -0.39 is 11.7 Å². The lowest BCUT2D eigenvalue weighted by atomic mass is 10.1. The Labute approximate surface area is 165 Å². The zero-order valence-electron chi connectivity index (χ0n) is 14.8. The smallest absolute Gasteiger partial charge is 0.336 e. The summed E-state index contributed by atoms with van der Waals surface area (Å²) in [6.45, 7) is 0.591. The number of alkyl halides is 3. The molecule has 5 heteroatoms. The summed E-state index contributed by atoms with van der Waals surface area (Å²) in [6, 6.07) is 24.9. The summed E-state index contributed by atoms with van der Waals surface area (Å²) in [4.78, 5) is 0. The standard InChI is InChI=1S/C23H16F3NS/c24-23(25,26)18-12-10-17(11-13-18)21-14-22(28)19-8-4-5-9-20(19)27(21)15-16-6-2-1-3-7-16/h1-14H,15H2. The van der Waals surface area contributed by atoms with E-state index >= 15 is 0 Å². The average molecular weight is 395 g/mol. The van der Waals surface area contributed by atoms with Crippen molar-refractivity contribution in [1.82, 2.24) is 4.57 Å². The van der Waals surface area contributed by atoms with Gasteiger partial charge in [0.05, 0.1) is 16.8 Å². The van der Waals surface area contributed by atoms with E-state index in [4.69, 9.17) is 12.2 Å². The minimum Gasteiger partial charge on any atom is -0.336 e. The third kappa shape index (κ3) is 3.58. The predicted molar refractivity (Wildman–Crippen MR) is 109 cm³/mol. The molecule has 1 heterocycles. The van der Waals surface area contributed by atoms with Crippen LogP contribution in [0.25, 0.3) is 22.2 Å². The molecule has 0 aliphatic carbocycles. The van der Waals surface area contributed by atoms with E-state index in [9.17, 15) is 13.2 Å². The Hall–Kier alpha value is -2.92. The van der Waals surface area contributed by atoms with E-state index in [1.807, 2.05) is 60.7 Å². The van der Waals surface area contributed by atoms with Gasteiger partial charge in [-0.25, -0.2) is 0 Å². The highest BCUT2D eigenvalue weighted by Crippen LogP contribution is 2.32. The van der Waals surface area contributed by atoms with Crippen LogP contribution < -0.4 is 0 Å². The molecule has 28 heavy (non-hydrogen) atoms. The summed E-state index contributed by atoms with van der Waals surface area (Å²) in [6.07, 6.45) is -4.36. The third-order valence-corrected chi connectivity index (χ3v) is 5.05. The van der Waals surface area contributed by atoms with Crippen LogP contribution in [-0.2, 0) is 12.7 Å². The van der Waals surface area contributed by atoms with E-state index in [0.717, 1.165) is 34.3 Å². The maximum Gasteiger partial charge on any atom is 0.416 e. The second kappa shape index (κ2) is 7.24. The molecule has 0 saturated heterocycles. The molecular formula is C23H16F3NS. The second-order valence-corrected chi connectivity index (χ2v) is 7.00. The zero-order valence-corrected chi connectivity index (χ0v) is 15.6. The molecule has 0 atom stereocenters. The van der Waals surface area contributed by atoms with Crippen LogP contribution in [0.2, 0.25) is 0 Å². The highest BCUT2D eigenvalue weighted by Gasteiger charge is 2.30. The molecule has 0 amide bonds. The molecule has 0 aliphatic rings. The first-order valence-electron chi connectivity index (χ1n) is 8.77. The SMILES string of the molecule is FC(F)(F)c1ccc(-c2cc(=S)c3ccccc3n2Cc2ccccc2)cc1.